The van der Waals surface area contributed by atoms with Crippen LogP contribution in [-0.2, 0) is 9.59 Å². The van der Waals surface area contributed by atoms with Gasteiger partial charge in [0.25, 0.3) is 0 Å². The number of nitrogens with one attached hydrogen (secondary N) is 2. The van der Waals surface area contributed by atoms with Crippen molar-refractivity contribution in [3.63, 3.8) is 0 Å². The first-order valence-corrected chi connectivity index (χ1v) is 5.50. The number of aliphatic hydroxyl groups is 1. The molecule has 5 nitrogen and oxygen atoms in total. The van der Waals surface area contributed by atoms with E-state index in [1.165, 1.54) is 19.1 Å². The molecule has 1 atom stereocenters. The van der Waals surface area contributed by atoms with E-state index < -0.39 is 23.7 Å². The maximum absolute atomic E-state index is 12.9. The van der Waals surface area contributed by atoms with Gasteiger partial charge in [0.15, 0.2) is 0 Å². The summed E-state index contributed by atoms with van der Waals surface area (Å²) in [4.78, 5) is 22.6. The average molecular weight is 275 g/mol. The van der Waals surface area contributed by atoms with E-state index in [2.05, 4.69) is 10.6 Å². The maximum atomic E-state index is 12.9. The second kappa shape index (κ2) is 6.32. The highest BCUT2D eigenvalue weighted by Crippen LogP contribution is 2.19. The Balaban J connectivity index is 2.58. The first-order valence-electron chi connectivity index (χ1n) is 5.12. The van der Waals surface area contributed by atoms with E-state index in [1.807, 2.05) is 0 Å². The number of amides is 2. The summed E-state index contributed by atoms with van der Waals surface area (Å²) >= 11 is 5.52. The van der Waals surface area contributed by atoms with Gasteiger partial charge in [0.1, 0.15) is 5.82 Å². The molecule has 0 aliphatic rings. The Labute approximate surface area is 108 Å². The lowest BCUT2D eigenvalue weighted by Gasteiger charge is -2.08. The Kier molecular flexibility index (Phi) is 5.06. The van der Waals surface area contributed by atoms with Gasteiger partial charge in [-0.05, 0) is 25.1 Å². The van der Waals surface area contributed by atoms with E-state index >= 15 is 0 Å². The molecule has 1 aromatic rings. The molecule has 0 spiro atoms. The van der Waals surface area contributed by atoms with Crippen molar-refractivity contribution in [2.75, 3.05) is 11.9 Å². The largest absolute Gasteiger partial charge is 0.392 e. The molecule has 98 valence electrons. The van der Waals surface area contributed by atoms with Gasteiger partial charge in [0, 0.05) is 12.2 Å². The monoisotopic (exact) mass is 274 g/mol. The first kappa shape index (κ1) is 14.4. The van der Waals surface area contributed by atoms with Crippen molar-refractivity contribution < 1.29 is 19.1 Å². The fourth-order valence-electron chi connectivity index (χ4n) is 1.08. The van der Waals surface area contributed by atoms with Crippen molar-refractivity contribution in [1.29, 1.82) is 0 Å². The average Bonchev–Trinajstić information content (AvgIpc) is 2.30. The van der Waals surface area contributed by atoms with Crippen LogP contribution < -0.4 is 10.6 Å². The maximum Gasteiger partial charge on any atom is 0.313 e. The molecule has 0 fully saturated rings. The van der Waals surface area contributed by atoms with Gasteiger partial charge in [-0.1, -0.05) is 11.6 Å². The van der Waals surface area contributed by atoms with Gasteiger partial charge in [-0.2, -0.15) is 0 Å². The normalized spacial score (nSPS) is 11.8. The van der Waals surface area contributed by atoms with Crippen molar-refractivity contribution in [3.05, 3.63) is 29.0 Å². The van der Waals surface area contributed by atoms with Crippen LogP contribution in [0.2, 0.25) is 5.02 Å². The van der Waals surface area contributed by atoms with E-state index in [1.54, 1.807) is 0 Å². The van der Waals surface area contributed by atoms with Gasteiger partial charge < -0.3 is 15.7 Å². The molecule has 0 radical (unpaired) electrons. The standard InChI is InChI=1S/C11H12ClFN2O3/c1-6(16)5-14-10(17)11(18)15-7-2-3-9(13)8(12)4-7/h2-4,6,16H,5H2,1H3,(H,14,17)(H,15,18)/t6-/m1/s1. The number of anilines is 1. The predicted octanol–water partition coefficient (Wildman–Crippen LogP) is 0.915. The topological polar surface area (TPSA) is 78.4 Å². The Bertz CT molecular complexity index is 466. The molecule has 0 saturated carbocycles. The third-order valence-electron chi connectivity index (χ3n) is 1.94. The van der Waals surface area contributed by atoms with Gasteiger partial charge in [-0.3, -0.25) is 9.59 Å². The van der Waals surface area contributed by atoms with E-state index in [0.29, 0.717) is 0 Å². The molecule has 1 aromatic carbocycles. The number of carbonyl (C=O) groups excluding carboxylic acids is 2. The van der Waals surface area contributed by atoms with E-state index in [-0.39, 0.29) is 17.3 Å². The van der Waals surface area contributed by atoms with Gasteiger partial charge in [0.05, 0.1) is 11.1 Å². The van der Waals surface area contributed by atoms with Crippen LogP contribution in [0.15, 0.2) is 18.2 Å². The lowest BCUT2D eigenvalue weighted by molar-refractivity contribution is -0.136. The number of aliphatic hydroxyl groups excluding tert-OH is 1. The summed E-state index contributed by atoms with van der Waals surface area (Å²) < 4.78 is 12.9. The van der Waals surface area contributed by atoms with Crippen LogP contribution in [0.1, 0.15) is 6.92 Å². The zero-order valence-corrected chi connectivity index (χ0v) is 10.3. The van der Waals surface area contributed by atoms with Gasteiger partial charge >= 0.3 is 11.8 Å². The minimum Gasteiger partial charge on any atom is -0.392 e. The van der Waals surface area contributed by atoms with Crippen LogP contribution in [-0.4, -0.2) is 29.6 Å². The van der Waals surface area contributed by atoms with E-state index in [0.717, 1.165) is 6.07 Å². The van der Waals surface area contributed by atoms with Crippen molar-refractivity contribution in [2.24, 2.45) is 0 Å². The molecule has 2 amide bonds. The zero-order valence-electron chi connectivity index (χ0n) is 9.54. The summed E-state index contributed by atoms with van der Waals surface area (Å²) in [6.07, 6.45) is -0.748. The fourth-order valence-corrected chi connectivity index (χ4v) is 1.26. The van der Waals surface area contributed by atoms with Crippen molar-refractivity contribution in [3.8, 4) is 0 Å². The Morgan fingerprint density at radius 1 is 1.44 bits per heavy atom. The van der Waals surface area contributed by atoms with Crippen LogP contribution in [0.3, 0.4) is 0 Å². The van der Waals surface area contributed by atoms with Crippen LogP contribution in [0.4, 0.5) is 10.1 Å². The minimum absolute atomic E-state index is 0.0313. The highest BCUT2D eigenvalue weighted by molar-refractivity contribution is 6.39. The second-order valence-corrected chi connectivity index (χ2v) is 4.05. The number of benzene rings is 1. The second-order valence-electron chi connectivity index (χ2n) is 3.64. The number of carbonyl (C=O) groups is 2. The quantitative estimate of drug-likeness (QED) is 0.717. The third-order valence-corrected chi connectivity index (χ3v) is 2.23. The third kappa shape index (κ3) is 4.31. The molecule has 0 unspecified atom stereocenters. The summed E-state index contributed by atoms with van der Waals surface area (Å²) in [6, 6.07) is 3.55. The number of halogens is 2. The molecule has 3 N–H and O–H groups in total. The van der Waals surface area contributed by atoms with Gasteiger partial charge in [-0.25, -0.2) is 4.39 Å². The van der Waals surface area contributed by atoms with Crippen LogP contribution >= 0.6 is 11.6 Å². The van der Waals surface area contributed by atoms with Gasteiger partial charge in [-0.15, -0.1) is 0 Å². The number of rotatable bonds is 3. The van der Waals surface area contributed by atoms with Gasteiger partial charge in [0.2, 0.25) is 0 Å². The Morgan fingerprint density at radius 3 is 2.67 bits per heavy atom. The molecule has 0 aromatic heterocycles. The summed E-state index contributed by atoms with van der Waals surface area (Å²) in [5.41, 5.74) is 0.207. The summed E-state index contributed by atoms with van der Waals surface area (Å²) in [5.74, 6) is -2.43. The van der Waals surface area contributed by atoms with Crippen molar-refractivity contribution in [2.45, 2.75) is 13.0 Å². The molecule has 0 aliphatic carbocycles. The lowest BCUT2D eigenvalue weighted by Crippen LogP contribution is -2.38. The highest BCUT2D eigenvalue weighted by atomic mass is 35.5. The SMILES string of the molecule is C[C@@H](O)CNC(=O)C(=O)Nc1ccc(F)c(Cl)c1. The number of hydrogen-bond acceptors (Lipinski definition) is 3. The molecule has 18 heavy (non-hydrogen) atoms. The van der Waals surface area contributed by atoms with Crippen LogP contribution in [0.25, 0.3) is 0 Å². The predicted molar refractivity (Wildman–Crippen MR) is 64.7 cm³/mol. The highest BCUT2D eigenvalue weighted by Gasteiger charge is 2.14. The lowest BCUT2D eigenvalue weighted by atomic mass is 10.3. The molecular weight excluding hydrogens is 263 g/mol. The zero-order chi connectivity index (χ0) is 13.7. The Hall–Kier alpha value is -1.66. The van der Waals surface area contributed by atoms with E-state index in [4.69, 9.17) is 16.7 Å². The van der Waals surface area contributed by atoms with E-state index in [9.17, 15) is 14.0 Å². The van der Waals surface area contributed by atoms with Crippen molar-refractivity contribution in [1.82, 2.24) is 5.32 Å². The minimum atomic E-state index is -0.918. The molecule has 7 heteroatoms. The summed E-state index contributed by atoms with van der Waals surface area (Å²) in [6.45, 7) is 1.44. The molecule has 0 saturated heterocycles. The molecule has 0 bridgehead atoms. The fraction of sp³-hybridized carbons (Fsp3) is 0.273. The molecule has 0 heterocycles. The first-order chi connectivity index (χ1) is 8.40. The Morgan fingerprint density at radius 2 is 2.11 bits per heavy atom. The van der Waals surface area contributed by atoms with Crippen LogP contribution in [0.5, 0.6) is 0 Å². The van der Waals surface area contributed by atoms with Crippen molar-refractivity contribution >= 4 is 29.1 Å². The smallest absolute Gasteiger partial charge is 0.313 e. The summed E-state index contributed by atoms with van der Waals surface area (Å²) in [5, 5.41) is 13.2. The summed E-state index contributed by atoms with van der Waals surface area (Å²) in [7, 11) is 0. The molecular formula is C11H12ClFN2O3. The molecule has 0 aliphatic heterocycles. The van der Waals surface area contributed by atoms with Crippen LogP contribution in [0, 0.1) is 5.82 Å². The molecule has 1 rings (SSSR count). The number of hydrogen-bond donors (Lipinski definition) is 3.